The Hall–Kier alpha value is -1.69. The summed E-state index contributed by atoms with van der Waals surface area (Å²) in [6.45, 7) is 4.33. The molecule has 0 fully saturated rings. The SMILES string of the molecule is CCCN(CCN(C)C)C(=O)c1cncc(NC)n1. The molecule has 106 valence electrons. The van der Waals surface area contributed by atoms with Crippen LogP contribution in [0.15, 0.2) is 12.4 Å². The number of hydrogen-bond donors (Lipinski definition) is 1. The van der Waals surface area contributed by atoms with Gasteiger partial charge in [-0.1, -0.05) is 6.92 Å². The number of carbonyl (C=O) groups excluding carboxylic acids is 1. The number of nitrogens with zero attached hydrogens (tertiary/aromatic N) is 4. The van der Waals surface area contributed by atoms with E-state index >= 15 is 0 Å². The molecule has 1 heterocycles. The zero-order valence-corrected chi connectivity index (χ0v) is 12.2. The molecule has 1 aromatic rings. The van der Waals surface area contributed by atoms with Gasteiger partial charge in [0.25, 0.3) is 5.91 Å². The molecule has 1 aromatic heterocycles. The average molecular weight is 265 g/mol. The molecule has 1 amide bonds. The maximum Gasteiger partial charge on any atom is 0.274 e. The summed E-state index contributed by atoms with van der Waals surface area (Å²) in [5.41, 5.74) is 0.388. The molecule has 6 heteroatoms. The molecule has 0 saturated heterocycles. The molecule has 0 unspecified atom stereocenters. The molecule has 0 aliphatic carbocycles. The number of anilines is 1. The van der Waals surface area contributed by atoms with Gasteiger partial charge in [0.2, 0.25) is 0 Å². The number of carbonyl (C=O) groups is 1. The van der Waals surface area contributed by atoms with Crippen molar-refractivity contribution in [3.05, 3.63) is 18.1 Å². The third-order valence-corrected chi connectivity index (χ3v) is 2.71. The lowest BCUT2D eigenvalue weighted by molar-refractivity contribution is 0.0738. The van der Waals surface area contributed by atoms with Gasteiger partial charge in [0.05, 0.1) is 12.4 Å². The Balaban J connectivity index is 2.79. The van der Waals surface area contributed by atoms with E-state index in [0.717, 1.165) is 19.5 Å². The Labute approximate surface area is 114 Å². The number of aromatic nitrogens is 2. The number of nitrogens with one attached hydrogen (secondary N) is 1. The van der Waals surface area contributed by atoms with Crippen LogP contribution < -0.4 is 5.32 Å². The Kier molecular flexibility index (Phi) is 6.21. The van der Waals surface area contributed by atoms with Crippen molar-refractivity contribution in [2.45, 2.75) is 13.3 Å². The van der Waals surface area contributed by atoms with Crippen LogP contribution in [-0.4, -0.2) is 66.5 Å². The van der Waals surface area contributed by atoms with E-state index in [9.17, 15) is 4.79 Å². The molecule has 0 aliphatic rings. The van der Waals surface area contributed by atoms with Crippen molar-refractivity contribution < 1.29 is 4.79 Å². The number of hydrogen-bond acceptors (Lipinski definition) is 5. The molecular formula is C13H23N5O. The average Bonchev–Trinajstić information content (AvgIpc) is 2.42. The van der Waals surface area contributed by atoms with Crippen LogP contribution in [0, 0.1) is 0 Å². The van der Waals surface area contributed by atoms with Crippen LogP contribution >= 0.6 is 0 Å². The third kappa shape index (κ3) is 4.82. The summed E-state index contributed by atoms with van der Waals surface area (Å²) in [5, 5.41) is 2.89. The molecule has 19 heavy (non-hydrogen) atoms. The van der Waals surface area contributed by atoms with E-state index < -0.39 is 0 Å². The zero-order chi connectivity index (χ0) is 14.3. The molecule has 0 spiro atoms. The number of likely N-dealkylation sites (N-methyl/N-ethyl adjacent to an activating group) is 1. The van der Waals surface area contributed by atoms with Crippen molar-refractivity contribution in [2.24, 2.45) is 0 Å². The van der Waals surface area contributed by atoms with Crippen molar-refractivity contribution in [3.8, 4) is 0 Å². The van der Waals surface area contributed by atoms with Gasteiger partial charge in [-0.25, -0.2) is 4.98 Å². The third-order valence-electron chi connectivity index (χ3n) is 2.71. The maximum absolute atomic E-state index is 12.4. The molecule has 0 saturated carbocycles. The first-order valence-corrected chi connectivity index (χ1v) is 6.52. The minimum absolute atomic E-state index is 0.0618. The van der Waals surface area contributed by atoms with Gasteiger partial charge in [-0.2, -0.15) is 0 Å². The largest absolute Gasteiger partial charge is 0.372 e. The summed E-state index contributed by atoms with van der Waals surface area (Å²) in [5.74, 6) is 0.545. The standard InChI is InChI=1S/C13H23N5O/c1-5-6-18(8-7-17(3)4)13(19)11-9-15-10-12(14-2)16-11/h9-10H,5-8H2,1-4H3,(H,14,16). The van der Waals surface area contributed by atoms with E-state index in [0.29, 0.717) is 18.1 Å². The topological polar surface area (TPSA) is 61.4 Å². The van der Waals surface area contributed by atoms with Crippen LogP contribution in [0.5, 0.6) is 0 Å². The molecule has 1 N–H and O–H groups in total. The predicted molar refractivity (Wildman–Crippen MR) is 76.3 cm³/mol. The Morgan fingerprint density at radius 3 is 2.58 bits per heavy atom. The van der Waals surface area contributed by atoms with Crippen LogP contribution in [0.4, 0.5) is 5.82 Å². The van der Waals surface area contributed by atoms with Crippen LogP contribution in [0.1, 0.15) is 23.8 Å². The summed E-state index contributed by atoms with van der Waals surface area (Å²) < 4.78 is 0. The normalized spacial score (nSPS) is 10.6. The molecule has 0 radical (unpaired) electrons. The lowest BCUT2D eigenvalue weighted by Crippen LogP contribution is -2.37. The van der Waals surface area contributed by atoms with Crippen LogP contribution in [-0.2, 0) is 0 Å². The quantitative estimate of drug-likeness (QED) is 0.795. The van der Waals surface area contributed by atoms with Crippen LogP contribution in [0.3, 0.4) is 0 Å². The highest BCUT2D eigenvalue weighted by Gasteiger charge is 2.17. The van der Waals surface area contributed by atoms with Gasteiger partial charge in [-0.05, 0) is 20.5 Å². The predicted octanol–water partition coefficient (Wildman–Crippen LogP) is 0.932. The lowest BCUT2D eigenvalue weighted by atomic mass is 10.3. The summed E-state index contributed by atoms with van der Waals surface area (Å²) >= 11 is 0. The second kappa shape index (κ2) is 7.68. The van der Waals surface area contributed by atoms with Crippen molar-refractivity contribution in [1.29, 1.82) is 0 Å². The number of rotatable bonds is 7. The monoisotopic (exact) mass is 265 g/mol. The van der Waals surface area contributed by atoms with Crippen molar-refractivity contribution in [3.63, 3.8) is 0 Å². The molecule has 6 nitrogen and oxygen atoms in total. The Morgan fingerprint density at radius 1 is 1.26 bits per heavy atom. The highest BCUT2D eigenvalue weighted by Crippen LogP contribution is 2.05. The highest BCUT2D eigenvalue weighted by molar-refractivity contribution is 5.92. The molecule has 1 rings (SSSR count). The highest BCUT2D eigenvalue weighted by atomic mass is 16.2. The van der Waals surface area contributed by atoms with E-state index in [2.05, 4.69) is 27.1 Å². The van der Waals surface area contributed by atoms with E-state index in [1.807, 2.05) is 19.0 Å². The summed E-state index contributed by atoms with van der Waals surface area (Å²) in [6.07, 6.45) is 4.04. The van der Waals surface area contributed by atoms with Gasteiger partial charge in [0.15, 0.2) is 0 Å². The van der Waals surface area contributed by atoms with Gasteiger partial charge in [-0.15, -0.1) is 0 Å². The lowest BCUT2D eigenvalue weighted by Gasteiger charge is -2.23. The Morgan fingerprint density at radius 2 is 2.00 bits per heavy atom. The second-order valence-corrected chi connectivity index (χ2v) is 4.64. The minimum Gasteiger partial charge on any atom is -0.372 e. The van der Waals surface area contributed by atoms with Crippen molar-refractivity contribution in [1.82, 2.24) is 19.8 Å². The summed E-state index contributed by atoms with van der Waals surface area (Å²) in [6, 6.07) is 0. The van der Waals surface area contributed by atoms with E-state index in [1.165, 1.54) is 6.20 Å². The number of amides is 1. The van der Waals surface area contributed by atoms with Gasteiger partial charge in [0.1, 0.15) is 11.5 Å². The maximum atomic E-state index is 12.4. The van der Waals surface area contributed by atoms with E-state index in [4.69, 9.17) is 0 Å². The van der Waals surface area contributed by atoms with E-state index in [1.54, 1.807) is 13.2 Å². The fourth-order valence-corrected chi connectivity index (χ4v) is 1.66. The van der Waals surface area contributed by atoms with Crippen molar-refractivity contribution in [2.75, 3.05) is 46.1 Å². The fourth-order valence-electron chi connectivity index (χ4n) is 1.66. The summed E-state index contributed by atoms with van der Waals surface area (Å²) in [7, 11) is 5.75. The second-order valence-electron chi connectivity index (χ2n) is 4.64. The van der Waals surface area contributed by atoms with E-state index in [-0.39, 0.29) is 5.91 Å². The first-order valence-electron chi connectivity index (χ1n) is 6.52. The molecule has 0 aliphatic heterocycles. The minimum atomic E-state index is -0.0618. The fraction of sp³-hybridized carbons (Fsp3) is 0.615. The van der Waals surface area contributed by atoms with Crippen LogP contribution in [0.25, 0.3) is 0 Å². The van der Waals surface area contributed by atoms with Crippen molar-refractivity contribution >= 4 is 11.7 Å². The van der Waals surface area contributed by atoms with Crippen LogP contribution in [0.2, 0.25) is 0 Å². The first-order chi connectivity index (χ1) is 9.08. The van der Waals surface area contributed by atoms with Gasteiger partial charge in [0, 0.05) is 26.7 Å². The zero-order valence-electron chi connectivity index (χ0n) is 12.2. The summed E-state index contributed by atoms with van der Waals surface area (Å²) in [4.78, 5) is 24.6. The molecule has 0 aromatic carbocycles. The Bertz CT molecular complexity index is 408. The molecule has 0 bridgehead atoms. The van der Waals surface area contributed by atoms with Gasteiger partial charge < -0.3 is 15.1 Å². The molecule has 0 atom stereocenters. The van der Waals surface area contributed by atoms with Gasteiger partial charge in [-0.3, -0.25) is 9.78 Å². The molecular weight excluding hydrogens is 242 g/mol. The first kappa shape index (κ1) is 15.4. The van der Waals surface area contributed by atoms with Gasteiger partial charge >= 0.3 is 0 Å². The smallest absolute Gasteiger partial charge is 0.274 e.